The van der Waals surface area contributed by atoms with E-state index in [1.165, 1.54) is 6.07 Å². The summed E-state index contributed by atoms with van der Waals surface area (Å²) < 4.78 is 23.6. The van der Waals surface area contributed by atoms with Crippen molar-refractivity contribution in [2.75, 3.05) is 12.3 Å². The highest BCUT2D eigenvalue weighted by molar-refractivity contribution is 6.29. The Morgan fingerprint density at radius 2 is 2.33 bits per heavy atom. The van der Waals surface area contributed by atoms with Crippen molar-refractivity contribution in [1.29, 1.82) is 0 Å². The Morgan fingerprint density at radius 1 is 1.67 bits per heavy atom. The van der Waals surface area contributed by atoms with Gasteiger partial charge in [-0.2, -0.15) is 0 Å². The molecule has 1 aromatic rings. The van der Waals surface area contributed by atoms with Crippen molar-refractivity contribution in [3.8, 4) is 0 Å². The van der Waals surface area contributed by atoms with Crippen molar-refractivity contribution in [3.05, 3.63) is 23.0 Å². The molecular weight excluding hydrogens is 228 g/mol. The molecule has 0 saturated carbocycles. The summed E-state index contributed by atoms with van der Waals surface area (Å²) in [6.07, 6.45) is -1.46. The van der Waals surface area contributed by atoms with E-state index in [2.05, 4.69) is 4.98 Å². The Bertz CT molecular complexity index is 373. The number of nitrogens with zero attached hydrogens (tertiary/aromatic N) is 1. The summed E-state index contributed by atoms with van der Waals surface area (Å²) in [5.41, 5.74) is 5.58. The summed E-state index contributed by atoms with van der Waals surface area (Å²) in [6, 6.07) is 1.28. The van der Waals surface area contributed by atoms with Gasteiger partial charge in [-0.25, -0.2) is 13.8 Å². The second-order valence-corrected chi connectivity index (χ2v) is 3.08. The largest absolute Gasteiger partial charge is 0.398 e. The number of halogens is 3. The molecule has 0 aliphatic carbocycles. The van der Waals surface area contributed by atoms with Crippen LogP contribution in [0.25, 0.3) is 0 Å². The smallest absolute Gasteiger partial charge is 0.255 e. The fourth-order valence-electron chi connectivity index (χ4n) is 0.899. The number of anilines is 1. The summed E-state index contributed by atoms with van der Waals surface area (Å²) in [4.78, 5) is 14.9. The zero-order valence-electron chi connectivity index (χ0n) is 7.51. The van der Waals surface area contributed by atoms with Crippen molar-refractivity contribution >= 4 is 23.2 Å². The Balaban J connectivity index is 2.74. The van der Waals surface area contributed by atoms with Gasteiger partial charge >= 0.3 is 0 Å². The fourth-order valence-corrected chi connectivity index (χ4v) is 1.07. The van der Waals surface area contributed by atoms with Gasteiger partial charge in [0.05, 0.1) is 12.1 Å². The predicted molar refractivity (Wildman–Crippen MR) is 52.0 cm³/mol. The van der Waals surface area contributed by atoms with E-state index in [-0.39, 0.29) is 16.4 Å². The van der Waals surface area contributed by atoms with E-state index in [0.29, 0.717) is 0 Å². The molecule has 1 aromatic heterocycles. The molecule has 3 N–H and O–H groups in total. The standard InChI is InChI=1S/C8H8ClF2N3O/c9-6-1-5(12)4(2-13-6)8(15)14-3-7(10)11/h1-2,7H,3H2,(H2,12,13)(H,14,15). The lowest BCUT2D eigenvalue weighted by Gasteiger charge is -2.06. The molecule has 0 radical (unpaired) electrons. The van der Waals surface area contributed by atoms with Gasteiger partial charge in [-0.15, -0.1) is 0 Å². The van der Waals surface area contributed by atoms with E-state index in [1.807, 2.05) is 5.32 Å². The van der Waals surface area contributed by atoms with Crippen LogP contribution in [-0.2, 0) is 0 Å². The number of alkyl halides is 2. The first-order valence-electron chi connectivity index (χ1n) is 3.98. The molecule has 0 spiro atoms. The first kappa shape index (κ1) is 11.6. The minimum absolute atomic E-state index is 0.0278. The van der Waals surface area contributed by atoms with Gasteiger partial charge in [-0.1, -0.05) is 11.6 Å². The van der Waals surface area contributed by atoms with Crippen LogP contribution in [0.3, 0.4) is 0 Å². The summed E-state index contributed by atoms with van der Waals surface area (Å²) in [6.45, 7) is -0.721. The van der Waals surface area contributed by atoms with Crippen LogP contribution in [0, 0.1) is 0 Å². The van der Waals surface area contributed by atoms with E-state index < -0.39 is 18.9 Å². The van der Waals surface area contributed by atoms with Crippen molar-refractivity contribution in [2.45, 2.75) is 6.43 Å². The van der Waals surface area contributed by atoms with E-state index in [0.717, 1.165) is 6.20 Å². The van der Waals surface area contributed by atoms with Gasteiger partial charge in [0.25, 0.3) is 12.3 Å². The number of carbonyl (C=O) groups excluding carboxylic acids is 1. The first-order chi connectivity index (χ1) is 7.00. The van der Waals surface area contributed by atoms with Gasteiger partial charge in [0.15, 0.2) is 0 Å². The highest BCUT2D eigenvalue weighted by Crippen LogP contribution is 2.14. The molecular formula is C8H8ClF2N3O. The predicted octanol–water partition coefficient (Wildman–Crippen LogP) is 1.31. The highest BCUT2D eigenvalue weighted by Gasteiger charge is 2.12. The van der Waals surface area contributed by atoms with Gasteiger partial charge in [-0.3, -0.25) is 4.79 Å². The molecule has 4 nitrogen and oxygen atoms in total. The molecule has 1 heterocycles. The number of aromatic nitrogens is 1. The topological polar surface area (TPSA) is 68.0 Å². The minimum Gasteiger partial charge on any atom is -0.398 e. The lowest BCUT2D eigenvalue weighted by molar-refractivity contribution is 0.0892. The van der Waals surface area contributed by atoms with E-state index >= 15 is 0 Å². The van der Waals surface area contributed by atoms with Crippen LogP contribution in [-0.4, -0.2) is 23.9 Å². The highest BCUT2D eigenvalue weighted by atomic mass is 35.5. The molecule has 0 aliphatic heterocycles. The normalized spacial score (nSPS) is 10.4. The first-order valence-corrected chi connectivity index (χ1v) is 4.36. The van der Waals surface area contributed by atoms with E-state index in [1.54, 1.807) is 0 Å². The zero-order chi connectivity index (χ0) is 11.4. The van der Waals surface area contributed by atoms with Gasteiger partial charge < -0.3 is 11.1 Å². The average Bonchev–Trinajstić information content (AvgIpc) is 2.14. The second kappa shape index (κ2) is 4.88. The molecule has 0 fully saturated rings. The van der Waals surface area contributed by atoms with Crippen LogP contribution in [0.4, 0.5) is 14.5 Å². The van der Waals surface area contributed by atoms with Gasteiger partial charge in [-0.05, 0) is 6.07 Å². The Hall–Kier alpha value is -1.43. The number of carbonyl (C=O) groups is 1. The molecule has 0 aliphatic rings. The van der Waals surface area contributed by atoms with Crippen LogP contribution in [0.15, 0.2) is 12.3 Å². The molecule has 0 atom stereocenters. The van der Waals surface area contributed by atoms with Crippen molar-refractivity contribution in [1.82, 2.24) is 10.3 Å². The lowest BCUT2D eigenvalue weighted by Crippen LogP contribution is -2.29. The maximum absolute atomic E-state index is 11.8. The molecule has 1 rings (SSSR count). The number of nitrogens with two attached hydrogens (primary N) is 1. The monoisotopic (exact) mass is 235 g/mol. The van der Waals surface area contributed by atoms with Crippen LogP contribution in [0.2, 0.25) is 5.15 Å². The second-order valence-electron chi connectivity index (χ2n) is 2.70. The Labute approximate surface area is 89.4 Å². The number of nitrogen functional groups attached to an aromatic ring is 1. The third-order valence-corrected chi connectivity index (χ3v) is 1.77. The molecule has 15 heavy (non-hydrogen) atoms. The molecule has 0 saturated heterocycles. The average molecular weight is 236 g/mol. The number of pyridine rings is 1. The van der Waals surface area contributed by atoms with Gasteiger partial charge in [0, 0.05) is 11.9 Å². The Kier molecular flexibility index (Phi) is 3.79. The maximum atomic E-state index is 11.8. The zero-order valence-corrected chi connectivity index (χ0v) is 8.26. The van der Waals surface area contributed by atoms with Crippen molar-refractivity contribution < 1.29 is 13.6 Å². The maximum Gasteiger partial charge on any atom is 0.255 e. The number of nitrogens with one attached hydrogen (secondary N) is 1. The van der Waals surface area contributed by atoms with E-state index in [4.69, 9.17) is 17.3 Å². The number of hydrogen-bond acceptors (Lipinski definition) is 3. The third kappa shape index (κ3) is 3.32. The quantitative estimate of drug-likeness (QED) is 0.777. The number of amides is 1. The Morgan fingerprint density at radius 3 is 2.87 bits per heavy atom. The summed E-state index contributed by atoms with van der Waals surface area (Å²) >= 11 is 5.51. The lowest BCUT2D eigenvalue weighted by atomic mass is 10.2. The van der Waals surface area contributed by atoms with Crippen LogP contribution < -0.4 is 11.1 Å². The molecule has 7 heteroatoms. The van der Waals surface area contributed by atoms with Gasteiger partial charge in [0.2, 0.25) is 0 Å². The molecule has 82 valence electrons. The van der Waals surface area contributed by atoms with Crippen molar-refractivity contribution in [3.63, 3.8) is 0 Å². The van der Waals surface area contributed by atoms with E-state index in [9.17, 15) is 13.6 Å². The third-order valence-electron chi connectivity index (χ3n) is 1.56. The SMILES string of the molecule is Nc1cc(Cl)ncc1C(=O)NCC(F)F. The molecule has 0 bridgehead atoms. The molecule has 1 amide bonds. The summed E-state index contributed by atoms with van der Waals surface area (Å²) in [5, 5.41) is 2.14. The van der Waals surface area contributed by atoms with Crippen molar-refractivity contribution in [2.24, 2.45) is 0 Å². The fraction of sp³-hybridized carbons (Fsp3) is 0.250. The molecule has 0 unspecified atom stereocenters. The summed E-state index contributed by atoms with van der Waals surface area (Å²) in [5.74, 6) is -0.697. The van der Waals surface area contributed by atoms with Crippen LogP contribution >= 0.6 is 11.6 Å². The number of hydrogen-bond donors (Lipinski definition) is 2. The molecule has 0 aromatic carbocycles. The minimum atomic E-state index is -2.60. The summed E-state index contributed by atoms with van der Waals surface area (Å²) in [7, 11) is 0. The van der Waals surface area contributed by atoms with Gasteiger partial charge in [0.1, 0.15) is 5.15 Å². The van der Waals surface area contributed by atoms with Crippen LogP contribution in [0.5, 0.6) is 0 Å². The number of rotatable bonds is 3. The van der Waals surface area contributed by atoms with Crippen LogP contribution in [0.1, 0.15) is 10.4 Å².